The lowest BCUT2D eigenvalue weighted by Gasteiger charge is -2.56. The SMILES string of the molecule is CC(C)N1CC2CC(C1)N2S(=O)(=O)CC(C)(C)C. The molecule has 3 aliphatic rings. The van der Waals surface area contributed by atoms with Gasteiger partial charge in [0, 0.05) is 31.2 Å². The highest BCUT2D eigenvalue weighted by Gasteiger charge is 2.51. The first kappa shape index (κ1) is 14.3. The van der Waals surface area contributed by atoms with Crippen LogP contribution in [0.25, 0.3) is 0 Å². The molecule has 3 aliphatic heterocycles. The van der Waals surface area contributed by atoms with E-state index in [1.807, 2.05) is 20.8 Å². The zero-order chi connectivity index (χ0) is 13.7. The zero-order valence-corrected chi connectivity index (χ0v) is 13.0. The van der Waals surface area contributed by atoms with E-state index in [1.165, 1.54) is 0 Å². The maximum atomic E-state index is 12.4. The first-order valence-corrected chi connectivity index (χ1v) is 8.46. The minimum absolute atomic E-state index is 0.166. The molecule has 0 aromatic rings. The minimum Gasteiger partial charge on any atom is -0.298 e. The summed E-state index contributed by atoms with van der Waals surface area (Å²) in [6.07, 6.45) is 1.05. The molecule has 3 fully saturated rings. The average molecular weight is 274 g/mol. The summed E-state index contributed by atoms with van der Waals surface area (Å²) in [4.78, 5) is 2.39. The van der Waals surface area contributed by atoms with Gasteiger partial charge in [0.1, 0.15) is 0 Å². The number of piperazine rings is 1. The third kappa shape index (κ3) is 2.73. The number of hydrogen-bond donors (Lipinski definition) is 0. The van der Waals surface area contributed by atoms with Crippen LogP contribution in [0.5, 0.6) is 0 Å². The van der Waals surface area contributed by atoms with Crippen molar-refractivity contribution < 1.29 is 8.42 Å². The van der Waals surface area contributed by atoms with Gasteiger partial charge in [-0.15, -0.1) is 0 Å². The van der Waals surface area contributed by atoms with E-state index >= 15 is 0 Å². The van der Waals surface area contributed by atoms with Gasteiger partial charge in [-0.05, 0) is 25.7 Å². The molecular weight excluding hydrogens is 248 g/mol. The summed E-state index contributed by atoms with van der Waals surface area (Å²) in [5, 5.41) is 0. The average Bonchev–Trinajstić information content (AvgIpc) is 2.12. The van der Waals surface area contributed by atoms with Crippen LogP contribution in [0.2, 0.25) is 0 Å². The van der Waals surface area contributed by atoms with Crippen molar-refractivity contribution in [1.82, 2.24) is 9.21 Å². The molecule has 0 aromatic heterocycles. The van der Waals surface area contributed by atoms with Crippen molar-refractivity contribution >= 4 is 10.0 Å². The number of hydrogen-bond acceptors (Lipinski definition) is 3. The molecule has 2 atom stereocenters. The predicted octanol–water partition coefficient (Wildman–Crippen LogP) is 1.53. The molecule has 0 amide bonds. The Morgan fingerprint density at radius 3 is 2.06 bits per heavy atom. The van der Waals surface area contributed by atoms with Gasteiger partial charge in [0.2, 0.25) is 10.0 Å². The molecule has 0 spiro atoms. The summed E-state index contributed by atoms with van der Waals surface area (Å²) >= 11 is 0. The summed E-state index contributed by atoms with van der Waals surface area (Å²) in [5.41, 5.74) is -0.166. The number of sulfonamides is 1. The van der Waals surface area contributed by atoms with Crippen molar-refractivity contribution in [1.29, 1.82) is 0 Å². The zero-order valence-electron chi connectivity index (χ0n) is 12.2. The standard InChI is InChI=1S/C13H26N2O2S/c1-10(2)14-7-11-6-12(8-14)15(11)18(16,17)9-13(3,4)5/h10-12H,6-9H2,1-5H3. The van der Waals surface area contributed by atoms with E-state index in [0.717, 1.165) is 19.5 Å². The second-order valence-corrected chi connectivity index (χ2v) is 9.11. The predicted molar refractivity (Wildman–Crippen MR) is 74.0 cm³/mol. The van der Waals surface area contributed by atoms with Gasteiger partial charge in [-0.3, -0.25) is 4.90 Å². The molecule has 0 aliphatic carbocycles. The summed E-state index contributed by atoms with van der Waals surface area (Å²) in [5.74, 6) is 0.259. The van der Waals surface area contributed by atoms with E-state index in [1.54, 1.807) is 4.31 Å². The van der Waals surface area contributed by atoms with Gasteiger partial charge in [0.25, 0.3) is 0 Å². The summed E-state index contributed by atoms with van der Waals surface area (Å²) in [6.45, 7) is 12.1. The molecular formula is C13H26N2O2S. The molecule has 106 valence electrons. The van der Waals surface area contributed by atoms with Gasteiger partial charge in [-0.2, -0.15) is 4.31 Å². The second kappa shape index (κ2) is 4.46. The van der Waals surface area contributed by atoms with Crippen molar-refractivity contribution in [3.63, 3.8) is 0 Å². The Bertz CT molecular complexity index is 399. The molecule has 4 nitrogen and oxygen atoms in total. The Morgan fingerprint density at radius 2 is 1.67 bits per heavy atom. The van der Waals surface area contributed by atoms with Crippen LogP contribution in [-0.2, 0) is 10.0 Å². The molecule has 5 heteroatoms. The van der Waals surface area contributed by atoms with Crippen LogP contribution in [0.4, 0.5) is 0 Å². The van der Waals surface area contributed by atoms with Crippen LogP contribution in [0, 0.1) is 5.41 Å². The van der Waals surface area contributed by atoms with Crippen molar-refractivity contribution in [3.8, 4) is 0 Å². The molecule has 0 aromatic carbocycles. The maximum Gasteiger partial charge on any atom is 0.215 e. The van der Waals surface area contributed by atoms with Crippen LogP contribution < -0.4 is 0 Å². The smallest absolute Gasteiger partial charge is 0.215 e. The van der Waals surface area contributed by atoms with E-state index in [9.17, 15) is 8.42 Å². The van der Waals surface area contributed by atoms with Gasteiger partial charge in [0.15, 0.2) is 0 Å². The largest absolute Gasteiger partial charge is 0.298 e. The van der Waals surface area contributed by atoms with Gasteiger partial charge in [-0.1, -0.05) is 20.8 Å². The maximum absolute atomic E-state index is 12.4. The molecule has 2 bridgehead atoms. The monoisotopic (exact) mass is 274 g/mol. The molecule has 0 N–H and O–H groups in total. The third-order valence-electron chi connectivity index (χ3n) is 3.82. The molecule has 3 saturated heterocycles. The van der Waals surface area contributed by atoms with Gasteiger partial charge < -0.3 is 0 Å². The Morgan fingerprint density at radius 1 is 1.17 bits per heavy atom. The first-order chi connectivity index (χ1) is 8.10. The van der Waals surface area contributed by atoms with E-state index in [4.69, 9.17) is 0 Å². The van der Waals surface area contributed by atoms with Crippen LogP contribution >= 0.6 is 0 Å². The quantitative estimate of drug-likeness (QED) is 0.783. The third-order valence-corrected chi connectivity index (χ3v) is 6.29. The molecule has 3 rings (SSSR count). The Balaban J connectivity index is 2.06. The van der Waals surface area contributed by atoms with Crippen LogP contribution in [-0.4, -0.2) is 54.6 Å². The van der Waals surface area contributed by atoms with E-state index in [0.29, 0.717) is 6.04 Å². The fourth-order valence-corrected chi connectivity index (χ4v) is 5.56. The Kier molecular flexibility index (Phi) is 3.54. The lowest BCUT2D eigenvalue weighted by Crippen LogP contribution is -2.71. The van der Waals surface area contributed by atoms with E-state index in [-0.39, 0.29) is 23.3 Å². The van der Waals surface area contributed by atoms with Crippen LogP contribution in [0.1, 0.15) is 41.0 Å². The van der Waals surface area contributed by atoms with Crippen molar-refractivity contribution in [2.75, 3.05) is 18.8 Å². The molecule has 3 heterocycles. The highest BCUT2D eigenvalue weighted by molar-refractivity contribution is 7.89. The van der Waals surface area contributed by atoms with E-state index < -0.39 is 10.0 Å². The van der Waals surface area contributed by atoms with Gasteiger partial charge in [-0.25, -0.2) is 8.42 Å². The fraction of sp³-hybridized carbons (Fsp3) is 1.00. The molecule has 2 unspecified atom stereocenters. The second-order valence-electron chi connectivity index (χ2n) is 7.24. The lowest BCUT2D eigenvalue weighted by molar-refractivity contribution is -0.0204. The normalized spacial score (nSPS) is 30.6. The van der Waals surface area contributed by atoms with E-state index in [2.05, 4.69) is 18.7 Å². The van der Waals surface area contributed by atoms with Crippen molar-refractivity contribution in [2.24, 2.45) is 5.41 Å². The summed E-state index contributed by atoms with van der Waals surface area (Å²) in [6, 6.07) is 0.958. The topological polar surface area (TPSA) is 40.6 Å². The van der Waals surface area contributed by atoms with Crippen molar-refractivity contribution in [3.05, 3.63) is 0 Å². The van der Waals surface area contributed by atoms with Crippen LogP contribution in [0.3, 0.4) is 0 Å². The Hall–Kier alpha value is -0.130. The number of rotatable bonds is 3. The Labute approximate surface area is 111 Å². The van der Waals surface area contributed by atoms with Crippen LogP contribution in [0.15, 0.2) is 0 Å². The van der Waals surface area contributed by atoms with Gasteiger partial charge >= 0.3 is 0 Å². The summed E-state index contributed by atoms with van der Waals surface area (Å²) < 4.78 is 26.6. The number of piperidine rings is 1. The highest BCUT2D eigenvalue weighted by atomic mass is 32.2. The van der Waals surface area contributed by atoms with Crippen molar-refractivity contribution in [2.45, 2.75) is 59.2 Å². The minimum atomic E-state index is -3.08. The number of nitrogens with zero attached hydrogens (tertiary/aromatic N) is 2. The number of fused-ring (bicyclic) bond motifs is 2. The van der Waals surface area contributed by atoms with Gasteiger partial charge in [0.05, 0.1) is 5.75 Å². The molecule has 18 heavy (non-hydrogen) atoms. The molecule has 0 saturated carbocycles. The lowest BCUT2D eigenvalue weighted by atomic mass is 9.90. The summed E-state index contributed by atoms with van der Waals surface area (Å²) in [7, 11) is -3.08. The fourth-order valence-electron chi connectivity index (χ4n) is 3.11. The molecule has 0 radical (unpaired) electrons. The first-order valence-electron chi connectivity index (χ1n) is 6.85. The highest BCUT2D eigenvalue weighted by Crippen LogP contribution is 2.37.